The molecule has 134 valence electrons. The van der Waals surface area contributed by atoms with E-state index in [9.17, 15) is 4.79 Å². The Bertz CT molecular complexity index is 773. The Morgan fingerprint density at radius 2 is 2.12 bits per heavy atom. The summed E-state index contributed by atoms with van der Waals surface area (Å²) < 4.78 is 0. The number of likely N-dealkylation sites (N-methyl/N-ethyl adjacent to an activating group) is 1. The molecule has 1 unspecified atom stereocenters. The molecule has 1 aliphatic carbocycles. The van der Waals surface area contributed by atoms with Crippen molar-refractivity contribution in [1.29, 1.82) is 0 Å². The summed E-state index contributed by atoms with van der Waals surface area (Å²) in [6, 6.07) is 6.18. The first-order chi connectivity index (χ1) is 12.1. The fourth-order valence-electron chi connectivity index (χ4n) is 4.40. The predicted molar refractivity (Wildman–Crippen MR) is 102 cm³/mol. The average Bonchev–Trinajstić information content (AvgIpc) is 3.26. The van der Waals surface area contributed by atoms with Crippen LogP contribution in [0.15, 0.2) is 18.2 Å². The van der Waals surface area contributed by atoms with E-state index in [1.54, 1.807) is 0 Å². The van der Waals surface area contributed by atoms with E-state index in [1.165, 1.54) is 49.0 Å². The summed E-state index contributed by atoms with van der Waals surface area (Å²) in [6.45, 7) is 6.46. The monoisotopic (exact) mass is 339 g/mol. The van der Waals surface area contributed by atoms with Crippen LogP contribution in [-0.4, -0.2) is 53.9 Å². The van der Waals surface area contributed by atoms with Crippen LogP contribution in [0.25, 0.3) is 10.9 Å². The molecule has 1 aliphatic heterocycles. The van der Waals surface area contributed by atoms with E-state index >= 15 is 0 Å². The van der Waals surface area contributed by atoms with Gasteiger partial charge in [0, 0.05) is 31.2 Å². The summed E-state index contributed by atoms with van der Waals surface area (Å²) in [5.74, 6) is 0.866. The second kappa shape index (κ2) is 6.83. The van der Waals surface area contributed by atoms with Gasteiger partial charge in [0.1, 0.15) is 0 Å². The molecule has 1 saturated heterocycles. The molecule has 4 rings (SSSR count). The molecule has 1 atom stereocenters. The van der Waals surface area contributed by atoms with Crippen LogP contribution in [0.3, 0.4) is 0 Å². The Labute approximate surface area is 150 Å². The Morgan fingerprint density at radius 3 is 2.92 bits per heavy atom. The summed E-state index contributed by atoms with van der Waals surface area (Å²) >= 11 is 0. The number of H-pyrrole nitrogens is 1. The van der Waals surface area contributed by atoms with Crippen molar-refractivity contribution in [3.05, 3.63) is 35.0 Å². The lowest BCUT2D eigenvalue weighted by Gasteiger charge is -2.21. The van der Waals surface area contributed by atoms with Crippen molar-refractivity contribution in [3.63, 3.8) is 0 Å². The lowest BCUT2D eigenvalue weighted by atomic mass is 9.87. The molecular weight excluding hydrogens is 310 g/mol. The highest BCUT2D eigenvalue weighted by Gasteiger charge is 2.23. The van der Waals surface area contributed by atoms with Crippen LogP contribution >= 0.6 is 0 Å². The molecule has 2 heterocycles. The second-order valence-corrected chi connectivity index (χ2v) is 7.93. The van der Waals surface area contributed by atoms with Crippen molar-refractivity contribution in [2.45, 2.75) is 39.0 Å². The van der Waals surface area contributed by atoms with Gasteiger partial charge in [-0.25, -0.2) is 0 Å². The van der Waals surface area contributed by atoms with Gasteiger partial charge >= 0.3 is 0 Å². The SMILES string of the molecule is CC1CCc2[nH]c3c(C(=O)N(C)CCN4CCCC4)cccc3c2C1. The third-order valence-electron chi connectivity index (χ3n) is 6.00. The summed E-state index contributed by atoms with van der Waals surface area (Å²) in [7, 11) is 1.93. The lowest BCUT2D eigenvalue weighted by Crippen LogP contribution is -2.35. The van der Waals surface area contributed by atoms with Crippen molar-refractivity contribution >= 4 is 16.8 Å². The van der Waals surface area contributed by atoms with Gasteiger partial charge in [0.2, 0.25) is 0 Å². The van der Waals surface area contributed by atoms with E-state index in [0.717, 1.165) is 42.9 Å². The first-order valence-corrected chi connectivity index (χ1v) is 9.73. The quantitative estimate of drug-likeness (QED) is 0.926. The standard InChI is InChI=1S/C21H29N3O/c1-15-8-9-19-18(14-15)16-6-5-7-17(20(16)22-19)21(25)23(2)12-13-24-10-3-4-11-24/h5-7,15,22H,3-4,8-14H2,1-2H3. The van der Waals surface area contributed by atoms with Crippen LogP contribution in [0.5, 0.6) is 0 Å². The molecule has 0 saturated carbocycles. The van der Waals surface area contributed by atoms with Gasteiger partial charge in [0.15, 0.2) is 0 Å². The maximum atomic E-state index is 13.0. The molecule has 1 N–H and O–H groups in total. The van der Waals surface area contributed by atoms with E-state index in [2.05, 4.69) is 22.9 Å². The van der Waals surface area contributed by atoms with Gasteiger partial charge in [-0.15, -0.1) is 0 Å². The molecule has 0 radical (unpaired) electrons. The number of amides is 1. The van der Waals surface area contributed by atoms with E-state index in [-0.39, 0.29) is 5.91 Å². The smallest absolute Gasteiger partial charge is 0.255 e. The molecule has 25 heavy (non-hydrogen) atoms. The molecule has 1 aromatic heterocycles. The number of para-hydroxylation sites is 1. The van der Waals surface area contributed by atoms with Gasteiger partial charge in [-0.2, -0.15) is 0 Å². The van der Waals surface area contributed by atoms with Gasteiger partial charge in [-0.1, -0.05) is 19.1 Å². The number of fused-ring (bicyclic) bond motifs is 3. The molecule has 2 aliphatic rings. The number of carbonyl (C=O) groups is 1. The fraction of sp³-hybridized carbons (Fsp3) is 0.571. The van der Waals surface area contributed by atoms with Gasteiger partial charge in [-0.3, -0.25) is 4.79 Å². The minimum Gasteiger partial charge on any atom is -0.358 e. The minimum atomic E-state index is 0.136. The second-order valence-electron chi connectivity index (χ2n) is 7.93. The molecule has 4 nitrogen and oxygen atoms in total. The Hall–Kier alpha value is -1.81. The number of likely N-dealkylation sites (tertiary alicyclic amines) is 1. The Kier molecular flexibility index (Phi) is 4.55. The van der Waals surface area contributed by atoms with E-state index in [0.29, 0.717) is 0 Å². The van der Waals surface area contributed by atoms with Crippen molar-refractivity contribution < 1.29 is 4.79 Å². The van der Waals surface area contributed by atoms with Gasteiger partial charge in [-0.05, 0) is 62.7 Å². The third-order valence-corrected chi connectivity index (χ3v) is 6.00. The number of aromatic nitrogens is 1. The number of nitrogens with one attached hydrogen (secondary N) is 1. The zero-order chi connectivity index (χ0) is 17.4. The van der Waals surface area contributed by atoms with Crippen molar-refractivity contribution in [2.75, 3.05) is 33.2 Å². The minimum absolute atomic E-state index is 0.136. The largest absolute Gasteiger partial charge is 0.358 e. The number of carbonyl (C=O) groups excluding carboxylic acids is 1. The average molecular weight is 339 g/mol. The zero-order valence-corrected chi connectivity index (χ0v) is 15.5. The highest BCUT2D eigenvalue weighted by atomic mass is 16.2. The first kappa shape index (κ1) is 16.6. The molecule has 0 spiro atoms. The van der Waals surface area contributed by atoms with Crippen LogP contribution in [0.2, 0.25) is 0 Å². The Morgan fingerprint density at radius 1 is 1.32 bits per heavy atom. The van der Waals surface area contributed by atoms with E-state index in [4.69, 9.17) is 0 Å². The number of aryl methyl sites for hydroxylation is 1. The van der Waals surface area contributed by atoms with Crippen LogP contribution in [-0.2, 0) is 12.8 Å². The van der Waals surface area contributed by atoms with Crippen LogP contribution < -0.4 is 0 Å². The van der Waals surface area contributed by atoms with Crippen molar-refractivity contribution in [3.8, 4) is 0 Å². The van der Waals surface area contributed by atoms with E-state index < -0.39 is 0 Å². The lowest BCUT2D eigenvalue weighted by molar-refractivity contribution is 0.0784. The number of hydrogen-bond donors (Lipinski definition) is 1. The highest BCUT2D eigenvalue weighted by molar-refractivity contribution is 6.06. The molecule has 0 bridgehead atoms. The van der Waals surface area contributed by atoms with Crippen LogP contribution in [0.4, 0.5) is 0 Å². The maximum Gasteiger partial charge on any atom is 0.255 e. The van der Waals surface area contributed by atoms with E-state index in [1.807, 2.05) is 24.1 Å². The third kappa shape index (κ3) is 3.20. The molecular formula is C21H29N3O. The molecule has 4 heteroatoms. The summed E-state index contributed by atoms with van der Waals surface area (Å²) in [5.41, 5.74) is 4.64. The molecule has 1 amide bonds. The van der Waals surface area contributed by atoms with Crippen LogP contribution in [0, 0.1) is 5.92 Å². The molecule has 1 aromatic carbocycles. The topological polar surface area (TPSA) is 39.3 Å². The number of rotatable bonds is 4. The van der Waals surface area contributed by atoms with Crippen molar-refractivity contribution in [2.24, 2.45) is 5.92 Å². The Balaban J connectivity index is 1.56. The number of benzene rings is 1. The highest BCUT2D eigenvalue weighted by Crippen LogP contribution is 2.33. The maximum absolute atomic E-state index is 13.0. The first-order valence-electron chi connectivity index (χ1n) is 9.73. The molecule has 2 aromatic rings. The zero-order valence-electron chi connectivity index (χ0n) is 15.5. The molecule has 1 fully saturated rings. The van der Waals surface area contributed by atoms with Gasteiger partial charge in [0.25, 0.3) is 5.91 Å². The summed E-state index contributed by atoms with van der Waals surface area (Å²) in [5, 5.41) is 1.25. The van der Waals surface area contributed by atoms with Gasteiger partial charge in [0.05, 0.1) is 11.1 Å². The van der Waals surface area contributed by atoms with Gasteiger partial charge < -0.3 is 14.8 Å². The normalized spacial score (nSPS) is 20.8. The fourth-order valence-corrected chi connectivity index (χ4v) is 4.40. The number of nitrogens with zero attached hydrogens (tertiary/aromatic N) is 2. The summed E-state index contributed by atoms with van der Waals surface area (Å²) in [4.78, 5) is 21.0. The van der Waals surface area contributed by atoms with Crippen molar-refractivity contribution in [1.82, 2.24) is 14.8 Å². The van der Waals surface area contributed by atoms with Crippen LogP contribution in [0.1, 0.15) is 47.8 Å². The number of hydrogen-bond acceptors (Lipinski definition) is 2. The predicted octanol–water partition coefficient (Wildman–Crippen LogP) is 3.46. The summed E-state index contributed by atoms with van der Waals surface area (Å²) in [6.07, 6.45) is 6.05. The number of aromatic amines is 1.